The Bertz CT molecular complexity index is 97.7. The van der Waals surface area contributed by atoms with Crippen LogP contribution in [0.2, 0.25) is 0 Å². The van der Waals surface area contributed by atoms with Gasteiger partial charge in [0.25, 0.3) is 0 Å². The lowest BCUT2D eigenvalue weighted by Gasteiger charge is -2.09. The summed E-state index contributed by atoms with van der Waals surface area (Å²) in [4.78, 5) is 0. The monoisotopic (exact) mass is 175 g/mol. The van der Waals surface area contributed by atoms with Crippen LogP contribution in [0.4, 0.5) is 0 Å². The van der Waals surface area contributed by atoms with Crippen LogP contribution in [-0.4, -0.2) is 12.6 Å². The Labute approximate surface area is 71.0 Å². The van der Waals surface area contributed by atoms with E-state index in [1.54, 1.807) is 0 Å². The van der Waals surface area contributed by atoms with Gasteiger partial charge in [-0.1, -0.05) is 21.9 Å². The average Bonchev–Trinajstić information content (AvgIpc) is 2.05. The second-order valence-electron chi connectivity index (χ2n) is 2.46. The van der Waals surface area contributed by atoms with Crippen LogP contribution in [0.5, 0.6) is 0 Å². The third-order valence-electron chi connectivity index (χ3n) is 1.58. The van der Waals surface area contributed by atoms with Gasteiger partial charge in [-0.2, -0.15) is 0 Å². The molecule has 0 amide bonds. The van der Waals surface area contributed by atoms with Crippen LogP contribution in [0, 0.1) is 0 Å². The highest BCUT2D eigenvalue weighted by atomic mass is 31.0. The summed E-state index contributed by atoms with van der Waals surface area (Å²) in [5.41, 5.74) is 2.63. The van der Waals surface area contributed by atoms with E-state index >= 15 is 0 Å². The Hall–Kier alpha value is 0.0500. The van der Waals surface area contributed by atoms with E-state index in [2.05, 4.69) is 26.5 Å². The summed E-state index contributed by atoms with van der Waals surface area (Å²) in [6, 6.07) is 0.415. The normalized spacial score (nSPS) is 12.9. The Kier molecular flexibility index (Phi) is 8.19. The van der Waals surface area contributed by atoms with Crippen molar-refractivity contribution < 1.29 is 0 Å². The molecule has 0 aliphatic carbocycles. The first kappa shape index (κ1) is 11.1. The van der Waals surface area contributed by atoms with Gasteiger partial charge in [0.1, 0.15) is 0 Å². The maximum atomic E-state index is 5.12. The first-order chi connectivity index (χ1) is 5.35. The zero-order valence-corrected chi connectivity index (χ0v) is 8.00. The smallest absolute Gasteiger partial charge is 0.0279 e. The van der Waals surface area contributed by atoms with Crippen molar-refractivity contribution >= 4 is 9.39 Å². The molecular formula is C7H18N3P. The zero-order chi connectivity index (χ0) is 8.53. The molecule has 0 spiro atoms. The fourth-order valence-electron chi connectivity index (χ4n) is 0.861. The van der Waals surface area contributed by atoms with Gasteiger partial charge in [0.05, 0.1) is 0 Å². The van der Waals surface area contributed by atoms with E-state index in [0.29, 0.717) is 6.04 Å². The highest BCUT2D eigenvalue weighted by Crippen LogP contribution is 2.02. The van der Waals surface area contributed by atoms with Crippen LogP contribution in [0.15, 0.2) is 12.7 Å². The highest BCUT2D eigenvalue weighted by molar-refractivity contribution is 7.13. The van der Waals surface area contributed by atoms with Gasteiger partial charge in [-0.25, -0.2) is 0 Å². The molecule has 0 aromatic carbocycles. The maximum absolute atomic E-state index is 5.12. The molecule has 0 bridgehead atoms. The second-order valence-corrected chi connectivity index (χ2v) is 2.79. The van der Waals surface area contributed by atoms with E-state index in [4.69, 9.17) is 5.84 Å². The molecule has 4 N–H and O–H groups in total. The van der Waals surface area contributed by atoms with Crippen molar-refractivity contribution in [2.75, 3.05) is 6.54 Å². The van der Waals surface area contributed by atoms with E-state index in [9.17, 15) is 0 Å². The van der Waals surface area contributed by atoms with E-state index < -0.39 is 0 Å². The summed E-state index contributed by atoms with van der Waals surface area (Å²) < 4.78 is 0. The molecule has 3 nitrogen and oxygen atoms in total. The molecule has 2 atom stereocenters. The van der Waals surface area contributed by atoms with Gasteiger partial charge in [0.15, 0.2) is 0 Å². The van der Waals surface area contributed by atoms with Gasteiger partial charge < -0.3 is 0 Å². The van der Waals surface area contributed by atoms with E-state index in [-0.39, 0.29) is 0 Å². The molecule has 2 unspecified atom stereocenters. The molecule has 0 aliphatic heterocycles. The van der Waals surface area contributed by atoms with E-state index in [1.165, 1.54) is 6.42 Å². The molecule has 0 heterocycles. The fourth-order valence-corrected chi connectivity index (χ4v) is 1.16. The number of nitrogens with one attached hydrogen (secondary N) is 2. The van der Waals surface area contributed by atoms with Gasteiger partial charge >= 0.3 is 0 Å². The number of unbranched alkanes of at least 4 members (excludes halogenated alkanes) is 1. The number of hydrogen-bond acceptors (Lipinski definition) is 3. The standard InChI is InChI=1S/C7H18N3P/c1-2-7(10-11)5-3-4-6-9-8/h2,7,9-10H,1,3-6,8,11H2. The maximum Gasteiger partial charge on any atom is 0.0279 e. The molecule has 11 heavy (non-hydrogen) atoms. The summed E-state index contributed by atoms with van der Waals surface area (Å²) in [6.45, 7) is 4.60. The molecule has 0 aromatic heterocycles. The second kappa shape index (κ2) is 8.15. The Morgan fingerprint density at radius 3 is 2.73 bits per heavy atom. The summed E-state index contributed by atoms with van der Waals surface area (Å²) in [6.07, 6.45) is 5.33. The number of nitrogens with two attached hydrogens (primary N) is 1. The Morgan fingerprint density at radius 1 is 1.55 bits per heavy atom. The van der Waals surface area contributed by atoms with Gasteiger partial charge in [0, 0.05) is 12.6 Å². The number of hydrazine groups is 1. The third kappa shape index (κ3) is 6.45. The van der Waals surface area contributed by atoms with Crippen molar-refractivity contribution in [2.24, 2.45) is 5.84 Å². The number of hydrogen-bond donors (Lipinski definition) is 3. The molecule has 0 saturated carbocycles. The Morgan fingerprint density at radius 2 is 2.27 bits per heavy atom. The van der Waals surface area contributed by atoms with Gasteiger partial charge in [-0.05, 0) is 12.8 Å². The first-order valence-electron chi connectivity index (χ1n) is 3.87. The fraction of sp³-hybridized carbons (Fsp3) is 0.714. The summed E-state index contributed by atoms with van der Waals surface area (Å²) in [5.74, 6) is 5.12. The lowest BCUT2D eigenvalue weighted by molar-refractivity contribution is 0.580. The molecule has 66 valence electrons. The van der Waals surface area contributed by atoms with Crippen LogP contribution >= 0.6 is 9.39 Å². The molecular weight excluding hydrogens is 157 g/mol. The summed E-state index contributed by atoms with van der Waals surface area (Å²) in [5, 5.41) is 3.08. The molecule has 0 aromatic rings. The van der Waals surface area contributed by atoms with Crippen molar-refractivity contribution in [1.29, 1.82) is 0 Å². The average molecular weight is 175 g/mol. The van der Waals surface area contributed by atoms with Crippen LogP contribution in [-0.2, 0) is 0 Å². The van der Waals surface area contributed by atoms with Crippen LogP contribution < -0.4 is 16.4 Å². The van der Waals surface area contributed by atoms with Crippen molar-refractivity contribution in [1.82, 2.24) is 10.5 Å². The SMILES string of the molecule is C=CC(CCCCNN)NP. The van der Waals surface area contributed by atoms with Crippen LogP contribution in [0.1, 0.15) is 19.3 Å². The molecule has 0 fully saturated rings. The quantitative estimate of drug-likeness (QED) is 0.174. The van der Waals surface area contributed by atoms with Gasteiger partial charge in [-0.3, -0.25) is 16.4 Å². The molecule has 0 rings (SSSR count). The van der Waals surface area contributed by atoms with Crippen LogP contribution in [0.3, 0.4) is 0 Å². The lowest BCUT2D eigenvalue weighted by Crippen LogP contribution is -2.23. The topological polar surface area (TPSA) is 50.1 Å². The minimum absolute atomic E-state index is 0.415. The first-order valence-corrected chi connectivity index (χ1v) is 4.45. The Balaban J connectivity index is 3.14. The van der Waals surface area contributed by atoms with E-state index in [1.807, 2.05) is 6.08 Å². The van der Waals surface area contributed by atoms with Crippen molar-refractivity contribution in [2.45, 2.75) is 25.3 Å². The molecule has 4 heteroatoms. The van der Waals surface area contributed by atoms with Crippen molar-refractivity contribution in [3.05, 3.63) is 12.7 Å². The summed E-state index contributed by atoms with van der Waals surface area (Å²) >= 11 is 0. The molecule has 0 saturated heterocycles. The molecule has 0 aliphatic rings. The predicted molar refractivity (Wildman–Crippen MR) is 52.9 cm³/mol. The van der Waals surface area contributed by atoms with E-state index in [0.717, 1.165) is 19.4 Å². The van der Waals surface area contributed by atoms with Gasteiger partial charge in [0.2, 0.25) is 0 Å². The third-order valence-corrected chi connectivity index (χ3v) is 2.01. The van der Waals surface area contributed by atoms with Gasteiger partial charge in [-0.15, -0.1) is 6.58 Å². The largest absolute Gasteiger partial charge is 0.294 e. The van der Waals surface area contributed by atoms with Crippen molar-refractivity contribution in [3.63, 3.8) is 0 Å². The number of rotatable bonds is 7. The lowest BCUT2D eigenvalue weighted by atomic mass is 10.1. The minimum atomic E-state index is 0.415. The van der Waals surface area contributed by atoms with Crippen LogP contribution in [0.25, 0.3) is 0 Å². The summed E-state index contributed by atoms with van der Waals surface area (Å²) in [7, 11) is 2.50. The highest BCUT2D eigenvalue weighted by Gasteiger charge is 1.98. The van der Waals surface area contributed by atoms with Crippen molar-refractivity contribution in [3.8, 4) is 0 Å². The molecule has 0 radical (unpaired) electrons. The minimum Gasteiger partial charge on any atom is -0.294 e. The zero-order valence-electron chi connectivity index (χ0n) is 6.84. The predicted octanol–water partition coefficient (Wildman–Crippen LogP) is 0.554.